The summed E-state index contributed by atoms with van der Waals surface area (Å²) in [7, 11) is -3.80. The molecule has 0 radical (unpaired) electrons. The van der Waals surface area contributed by atoms with Crippen LogP contribution in [0.2, 0.25) is 0 Å². The molecule has 0 atom stereocenters. The maximum Gasteiger partial charge on any atom is 0.322 e. The lowest BCUT2D eigenvalue weighted by atomic mass is 10.3. The molecule has 0 saturated carbocycles. The topological polar surface area (TPSA) is 95.5 Å². The molecule has 0 aliphatic rings. The summed E-state index contributed by atoms with van der Waals surface area (Å²) >= 11 is 0. The van der Waals surface area contributed by atoms with Gasteiger partial charge in [-0.3, -0.25) is 9.52 Å². The number of carboxylic acids is 1. The molecule has 2 rings (SSSR count). The Hall–Kier alpha value is -2.54. The van der Waals surface area contributed by atoms with Crippen LogP contribution in [-0.2, 0) is 14.8 Å². The van der Waals surface area contributed by atoms with Crippen molar-refractivity contribution in [3.63, 3.8) is 0 Å². The van der Waals surface area contributed by atoms with Crippen molar-refractivity contribution in [2.24, 2.45) is 0 Å². The Morgan fingerprint density at radius 2 is 1.62 bits per heavy atom. The zero-order valence-electron chi connectivity index (χ0n) is 11.0. The molecule has 0 amide bonds. The first-order valence-corrected chi connectivity index (χ1v) is 7.60. The van der Waals surface area contributed by atoms with Gasteiger partial charge in [-0.2, -0.15) is 0 Å². The lowest BCUT2D eigenvalue weighted by Crippen LogP contribution is -2.18. The molecular weight excluding hydrogens is 292 g/mol. The van der Waals surface area contributed by atoms with E-state index in [4.69, 9.17) is 5.11 Å². The number of sulfonamides is 1. The number of rotatable bonds is 6. The van der Waals surface area contributed by atoms with E-state index < -0.39 is 16.0 Å². The van der Waals surface area contributed by atoms with Crippen molar-refractivity contribution in [3.05, 3.63) is 54.6 Å². The van der Waals surface area contributed by atoms with E-state index >= 15 is 0 Å². The van der Waals surface area contributed by atoms with E-state index in [2.05, 4.69) is 10.0 Å². The summed E-state index contributed by atoms with van der Waals surface area (Å²) in [6.07, 6.45) is 0. The van der Waals surface area contributed by atoms with Gasteiger partial charge in [-0.05, 0) is 24.3 Å². The number of carbonyl (C=O) groups is 1. The standard InChI is InChI=1S/C14H14N2O4S/c17-14(18)10-15-12-8-4-5-9-13(12)21(19,20)16-11-6-2-1-3-7-11/h1-9,15-16H,10H2,(H,17,18). The zero-order chi connectivity index (χ0) is 15.3. The van der Waals surface area contributed by atoms with Crippen LogP contribution in [0.4, 0.5) is 11.4 Å². The van der Waals surface area contributed by atoms with Crippen LogP contribution in [0, 0.1) is 0 Å². The van der Waals surface area contributed by atoms with E-state index in [0.717, 1.165) is 0 Å². The van der Waals surface area contributed by atoms with Crippen molar-refractivity contribution < 1.29 is 18.3 Å². The third-order valence-electron chi connectivity index (χ3n) is 2.63. The molecule has 2 aromatic rings. The average Bonchev–Trinajstić information content (AvgIpc) is 2.46. The maximum absolute atomic E-state index is 12.4. The quantitative estimate of drug-likeness (QED) is 0.758. The fraction of sp³-hybridized carbons (Fsp3) is 0.0714. The first kappa shape index (κ1) is 14.9. The van der Waals surface area contributed by atoms with Crippen molar-refractivity contribution in [1.82, 2.24) is 0 Å². The predicted octanol–water partition coefficient (Wildman–Crippen LogP) is 1.98. The van der Waals surface area contributed by atoms with Crippen molar-refractivity contribution in [1.29, 1.82) is 0 Å². The highest BCUT2D eigenvalue weighted by Gasteiger charge is 2.18. The maximum atomic E-state index is 12.4. The van der Waals surface area contributed by atoms with Gasteiger partial charge >= 0.3 is 5.97 Å². The molecule has 110 valence electrons. The van der Waals surface area contributed by atoms with Crippen LogP contribution in [0.5, 0.6) is 0 Å². The zero-order valence-corrected chi connectivity index (χ0v) is 11.8. The summed E-state index contributed by atoms with van der Waals surface area (Å²) in [6, 6.07) is 14.6. The Kier molecular flexibility index (Phi) is 4.44. The van der Waals surface area contributed by atoms with E-state index in [-0.39, 0.29) is 17.1 Å². The lowest BCUT2D eigenvalue weighted by Gasteiger charge is -2.12. The second-order valence-corrected chi connectivity index (χ2v) is 5.87. The van der Waals surface area contributed by atoms with Crippen molar-refractivity contribution in [3.8, 4) is 0 Å². The summed E-state index contributed by atoms with van der Waals surface area (Å²) in [5.74, 6) is -1.07. The van der Waals surface area contributed by atoms with E-state index in [9.17, 15) is 13.2 Å². The van der Waals surface area contributed by atoms with E-state index in [1.54, 1.807) is 42.5 Å². The number of para-hydroxylation sites is 2. The second kappa shape index (κ2) is 6.27. The average molecular weight is 306 g/mol. The molecule has 3 N–H and O–H groups in total. The Balaban J connectivity index is 2.29. The lowest BCUT2D eigenvalue weighted by molar-refractivity contribution is -0.134. The Labute approximate surface area is 122 Å². The summed E-state index contributed by atoms with van der Waals surface area (Å²) < 4.78 is 27.2. The molecule has 0 aromatic heterocycles. The van der Waals surface area contributed by atoms with Gasteiger partial charge in [0.25, 0.3) is 10.0 Å². The minimum atomic E-state index is -3.80. The first-order valence-electron chi connectivity index (χ1n) is 6.11. The van der Waals surface area contributed by atoms with Gasteiger partial charge in [-0.1, -0.05) is 30.3 Å². The van der Waals surface area contributed by atoms with Gasteiger partial charge in [0.2, 0.25) is 0 Å². The van der Waals surface area contributed by atoms with E-state index in [1.807, 2.05) is 0 Å². The molecule has 2 aromatic carbocycles. The monoisotopic (exact) mass is 306 g/mol. The molecule has 0 bridgehead atoms. The molecule has 21 heavy (non-hydrogen) atoms. The van der Waals surface area contributed by atoms with Crippen LogP contribution >= 0.6 is 0 Å². The van der Waals surface area contributed by atoms with Crippen molar-refractivity contribution in [2.45, 2.75) is 4.90 Å². The number of carboxylic acid groups (broad SMARTS) is 1. The van der Waals surface area contributed by atoms with E-state index in [0.29, 0.717) is 5.69 Å². The number of benzene rings is 2. The van der Waals surface area contributed by atoms with Crippen molar-refractivity contribution >= 4 is 27.4 Å². The van der Waals surface area contributed by atoms with Gasteiger partial charge in [0.05, 0.1) is 5.69 Å². The Morgan fingerprint density at radius 3 is 2.29 bits per heavy atom. The number of hydrogen-bond donors (Lipinski definition) is 3. The third-order valence-corrected chi connectivity index (χ3v) is 4.07. The smallest absolute Gasteiger partial charge is 0.322 e. The minimum Gasteiger partial charge on any atom is -0.480 e. The van der Waals surface area contributed by atoms with Crippen LogP contribution in [0.25, 0.3) is 0 Å². The molecular formula is C14H14N2O4S. The van der Waals surface area contributed by atoms with Crippen LogP contribution in [0.3, 0.4) is 0 Å². The molecule has 6 nitrogen and oxygen atoms in total. The van der Waals surface area contributed by atoms with Gasteiger partial charge in [-0.25, -0.2) is 8.42 Å². The minimum absolute atomic E-state index is 0.00453. The summed E-state index contributed by atoms with van der Waals surface area (Å²) in [5.41, 5.74) is 0.675. The number of anilines is 2. The first-order chi connectivity index (χ1) is 9.99. The van der Waals surface area contributed by atoms with Gasteiger partial charge in [0.1, 0.15) is 11.4 Å². The predicted molar refractivity (Wildman–Crippen MR) is 79.8 cm³/mol. The molecule has 0 unspecified atom stereocenters. The van der Waals surface area contributed by atoms with Crippen LogP contribution in [0.1, 0.15) is 0 Å². The van der Waals surface area contributed by atoms with Crippen LogP contribution in [0.15, 0.2) is 59.5 Å². The van der Waals surface area contributed by atoms with Gasteiger partial charge in [0, 0.05) is 5.69 Å². The molecule has 0 fully saturated rings. The Bertz CT molecular complexity index is 730. The fourth-order valence-corrected chi connectivity index (χ4v) is 2.98. The number of nitrogens with one attached hydrogen (secondary N) is 2. The molecule has 7 heteroatoms. The van der Waals surface area contributed by atoms with E-state index in [1.165, 1.54) is 12.1 Å². The highest BCUT2D eigenvalue weighted by atomic mass is 32.2. The molecule has 0 saturated heterocycles. The van der Waals surface area contributed by atoms with Crippen molar-refractivity contribution in [2.75, 3.05) is 16.6 Å². The van der Waals surface area contributed by atoms with Gasteiger partial charge in [-0.15, -0.1) is 0 Å². The largest absolute Gasteiger partial charge is 0.480 e. The fourth-order valence-electron chi connectivity index (χ4n) is 1.73. The van der Waals surface area contributed by atoms with Crippen LogP contribution in [-0.4, -0.2) is 26.0 Å². The Morgan fingerprint density at radius 1 is 1.00 bits per heavy atom. The highest BCUT2D eigenvalue weighted by Crippen LogP contribution is 2.23. The SMILES string of the molecule is O=C(O)CNc1ccccc1S(=O)(=O)Nc1ccccc1. The van der Waals surface area contributed by atoms with Gasteiger partial charge < -0.3 is 10.4 Å². The summed E-state index contributed by atoms with van der Waals surface area (Å²) in [4.78, 5) is 10.6. The van der Waals surface area contributed by atoms with Gasteiger partial charge in [0.15, 0.2) is 0 Å². The molecule has 0 aliphatic carbocycles. The number of hydrogen-bond acceptors (Lipinski definition) is 4. The molecule has 0 spiro atoms. The van der Waals surface area contributed by atoms with Crippen LogP contribution < -0.4 is 10.0 Å². The second-order valence-electron chi connectivity index (χ2n) is 4.21. The summed E-state index contributed by atoms with van der Waals surface area (Å²) in [5, 5.41) is 11.3. The normalized spacial score (nSPS) is 10.9. The summed E-state index contributed by atoms with van der Waals surface area (Å²) in [6.45, 7) is -0.363. The third kappa shape index (κ3) is 3.96. The number of aliphatic carboxylic acids is 1. The molecule has 0 aliphatic heterocycles. The molecule has 0 heterocycles. The highest BCUT2D eigenvalue weighted by molar-refractivity contribution is 7.92.